The lowest BCUT2D eigenvalue weighted by molar-refractivity contribution is 0.0914. The van der Waals surface area contributed by atoms with Gasteiger partial charge in [-0.3, -0.25) is 4.79 Å². The second-order valence-electron chi connectivity index (χ2n) is 5.03. The minimum absolute atomic E-state index is 0.189. The molecule has 1 atom stereocenters. The lowest BCUT2D eigenvalue weighted by Gasteiger charge is -2.28. The van der Waals surface area contributed by atoms with Crippen LogP contribution in [0.25, 0.3) is 11.1 Å². The Morgan fingerprint density at radius 2 is 1.83 bits per heavy atom. The number of hydrogen-bond donors (Lipinski definition) is 0. The maximum absolute atomic E-state index is 11.9. The van der Waals surface area contributed by atoms with Crippen LogP contribution in [0.5, 0.6) is 0 Å². The summed E-state index contributed by atoms with van der Waals surface area (Å²) in [6, 6.07) is 12.5. The summed E-state index contributed by atoms with van der Waals surface area (Å²) in [6.45, 7) is 3.72. The maximum Gasteiger partial charge on any atom is 0.291 e. The van der Waals surface area contributed by atoms with Gasteiger partial charge in [0.1, 0.15) is 5.60 Å². The van der Waals surface area contributed by atoms with E-state index in [0.717, 1.165) is 16.7 Å². The van der Waals surface area contributed by atoms with Gasteiger partial charge in [0.05, 0.1) is 7.11 Å². The van der Waals surface area contributed by atoms with Crippen LogP contribution in [-0.2, 0) is 10.3 Å². The molecule has 0 bridgehead atoms. The predicted octanol–water partition coefficient (Wildman–Crippen LogP) is 2.27. The fraction of sp³-hybridized carbons (Fsp3) is 0.0556. The van der Waals surface area contributed by atoms with Crippen molar-refractivity contribution in [3.05, 3.63) is 79.6 Å². The first-order valence-corrected chi connectivity index (χ1v) is 6.76. The van der Waals surface area contributed by atoms with E-state index in [0.29, 0.717) is 5.56 Å². The Kier molecular flexibility index (Phi) is 3.66. The third-order valence-corrected chi connectivity index (χ3v) is 3.91. The van der Waals surface area contributed by atoms with Gasteiger partial charge < -0.3 is 4.74 Å². The van der Waals surface area contributed by atoms with Crippen molar-refractivity contribution in [1.29, 1.82) is 0 Å². The Bertz CT molecular complexity index is 804. The molecule has 0 aliphatic heterocycles. The summed E-state index contributed by atoms with van der Waals surface area (Å²) in [6.07, 6.45) is 2.87. The highest BCUT2D eigenvalue weighted by Crippen LogP contribution is 2.51. The molecule has 0 aromatic heterocycles. The molecule has 1 aliphatic rings. The van der Waals surface area contributed by atoms with Crippen LogP contribution in [0.2, 0.25) is 0 Å². The number of guanidine groups is 1. The average molecular weight is 301 g/mol. The minimum Gasteiger partial charge on any atom is -0.362 e. The van der Waals surface area contributed by atoms with E-state index in [2.05, 4.69) is 25.4 Å². The normalized spacial score (nSPS) is 18.2. The van der Waals surface area contributed by atoms with Crippen LogP contribution >= 0.6 is 0 Å². The van der Waals surface area contributed by atoms with Crippen LogP contribution in [-0.4, -0.2) is 11.9 Å². The molecule has 0 saturated heterocycles. The first-order chi connectivity index (χ1) is 11.0. The van der Waals surface area contributed by atoms with Gasteiger partial charge in [0.25, 0.3) is 11.9 Å². The number of rotatable bonds is 3. The quantitative estimate of drug-likeness (QED) is 0.643. The van der Waals surface area contributed by atoms with Gasteiger partial charge in [-0.2, -0.15) is 4.99 Å². The molecule has 0 fully saturated rings. The summed E-state index contributed by atoms with van der Waals surface area (Å²) in [4.78, 5) is 15.0. The third kappa shape index (κ3) is 2.21. The number of hydrogen-bond acceptors (Lipinski definition) is 2. The van der Waals surface area contributed by atoms with Crippen molar-refractivity contribution < 1.29 is 9.53 Å². The molecule has 110 valence electrons. The van der Waals surface area contributed by atoms with Crippen LogP contribution in [0.1, 0.15) is 21.5 Å². The number of carbonyl (C=O) groups is 1. The van der Waals surface area contributed by atoms with Gasteiger partial charge >= 0.3 is 0 Å². The zero-order valence-electron chi connectivity index (χ0n) is 12.1. The number of benzene rings is 2. The van der Waals surface area contributed by atoms with E-state index in [1.54, 1.807) is 18.2 Å². The first kappa shape index (κ1) is 15.2. The second-order valence-corrected chi connectivity index (χ2v) is 5.03. The molecule has 0 spiro atoms. The van der Waals surface area contributed by atoms with Crippen molar-refractivity contribution in [1.82, 2.24) is 11.5 Å². The van der Waals surface area contributed by atoms with Crippen molar-refractivity contribution in [3.8, 4) is 11.1 Å². The fourth-order valence-corrected chi connectivity index (χ4v) is 2.93. The van der Waals surface area contributed by atoms with Gasteiger partial charge in [0.2, 0.25) is 0 Å². The summed E-state index contributed by atoms with van der Waals surface area (Å²) >= 11 is 0. The van der Waals surface area contributed by atoms with Crippen molar-refractivity contribution >= 4 is 11.9 Å². The number of carbonyl (C=O) groups excluding carboxylic acids is 1. The van der Waals surface area contributed by atoms with Gasteiger partial charge in [-0.15, -0.1) is 11.5 Å². The summed E-state index contributed by atoms with van der Waals surface area (Å²) in [7, 11) is 3.54. The molecule has 3 rings (SSSR count). The van der Waals surface area contributed by atoms with Gasteiger partial charge in [-0.1, -0.05) is 30.3 Å². The molecule has 1 unspecified atom stereocenters. The molecule has 0 heterocycles. The monoisotopic (exact) mass is 301 g/mol. The predicted molar refractivity (Wildman–Crippen MR) is 83.7 cm³/mol. The minimum atomic E-state index is -1.28. The van der Waals surface area contributed by atoms with Gasteiger partial charge in [-0.25, -0.2) is 0 Å². The molecule has 5 nitrogen and oxygen atoms in total. The summed E-state index contributed by atoms with van der Waals surface area (Å²) in [5, 5.41) is 0. The second kappa shape index (κ2) is 5.52. The van der Waals surface area contributed by atoms with Crippen LogP contribution in [0.4, 0.5) is 0 Å². The Balaban J connectivity index is 2.22. The molecule has 23 heavy (non-hydrogen) atoms. The molecular formula is C18H11N3O2. The number of nitrogens with zero attached hydrogens (tertiary/aromatic N) is 3. The molecule has 8 radical (unpaired) electrons. The smallest absolute Gasteiger partial charge is 0.291 e. The van der Waals surface area contributed by atoms with E-state index >= 15 is 0 Å². The number of aliphatic imine (C=N–C) groups is 1. The topological polar surface area (TPSA) is 83.3 Å². The van der Waals surface area contributed by atoms with E-state index in [9.17, 15) is 4.79 Å². The molecule has 1 aliphatic carbocycles. The summed E-state index contributed by atoms with van der Waals surface area (Å²) < 4.78 is 5.45. The number of ether oxygens (including phenoxy) is 1. The van der Waals surface area contributed by atoms with Crippen molar-refractivity contribution in [2.24, 2.45) is 4.99 Å². The largest absolute Gasteiger partial charge is 0.362 e. The van der Waals surface area contributed by atoms with E-state index in [1.165, 1.54) is 0 Å². The van der Waals surface area contributed by atoms with E-state index in [1.807, 2.05) is 24.3 Å². The highest BCUT2D eigenvalue weighted by Gasteiger charge is 2.43. The van der Waals surface area contributed by atoms with Crippen LogP contribution in [0.15, 0.2) is 47.5 Å². The lowest BCUT2D eigenvalue weighted by atomic mass is 9.88. The van der Waals surface area contributed by atoms with Crippen molar-refractivity contribution in [3.63, 3.8) is 0 Å². The van der Waals surface area contributed by atoms with Crippen LogP contribution in [0.3, 0.4) is 0 Å². The highest BCUT2D eigenvalue weighted by atomic mass is 16.5. The van der Waals surface area contributed by atoms with Crippen LogP contribution < -0.4 is 11.5 Å². The first-order valence-electron chi connectivity index (χ1n) is 6.76. The Morgan fingerprint density at radius 1 is 1.13 bits per heavy atom. The van der Waals surface area contributed by atoms with E-state index in [-0.39, 0.29) is 5.56 Å². The third-order valence-electron chi connectivity index (χ3n) is 3.91. The van der Waals surface area contributed by atoms with E-state index in [4.69, 9.17) is 16.2 Å². The molecule has 2 aromatic carbocycles. The zero-order chi connectivity index (χ0) is 16.6. The van der Waals surface area contributed by atoms with Crippen molar-refractivity contribution in [2.45, 2.75) is 5.60 Å². The Morgan fingerprint density at radius 3 is 2.48 bits per heavy atom. The Labute approximate surface area is 135 Å². The molecule has 1 amide bonds. The van der Waals surface area contributed by atoms with Gasteiger partial charge in [0.15, 0.2) is 0 Å². The fourth-order valence-electron chi connectivity index (χ4n) is 2.93. The SMILES string of the molecule is [CH2][C]C1(O[CH2])c2ccccc2-c2ccc(C(=O)N=C([N])[N])cc21. The zero-order valence-corrected chi connectivity index (χ0v) is 12.1. The van der Waals surface area contributed by atoms with Crippen LogP contribution in [0, 0.1) is 20.5 Å². The van der Waals surface area contributed by atoms with E-state index < -0.39 is 17.5 Å². The van der Waals surface area contributed by atoms with Gasteiger partial charge in [0, 0.05) is 12.0 Å². The molecule has 2 aromatic rings. The van der Waals surface area contributed by atoms with Crippen molar-refractivity contribution in [2.75, 3.05) is 0 Å². The molecule has 0 N–H and O–H groups in total. The number of amides is 1. The molecule has 5 heteroatoms. The number of fused-ring (bicyclic) bond motifs is 3. The lowest BCUT2D eigenvalue weighted by Crippen LogP contribution is -2.26. The maximum atomic E-state index is 11.9. The van der Waals surface area contributed by atoms with Gasteiger partial charge in [-0.05, 0) is 41.3 Å². The standard InChI is InChI=1S/C18H11N3O2/c1-3-18(23-2)14-7-5-4-6-12(14)13-9-8-11(10-15(13)18)16(22)21-17(19)20/h4-10H,1-2H2. The summed E-state index contributed by atoms with van der Waals surface area (Å²) in [5.41, 5.74) is 19.9. The molecule has 0 saturated carbocycles. The Hall–Kier alpha value is -2.66. The summed E-state index contributed by atoms with van der Waals surface area (Å²) in [5.74, 6) is -2.06. The average Bonchev–Trinajstić information content (AvgIpc) is 2.84. The molecular weight excluding hydrogens is 290 g/mol. The highest BCUT2D eigenvalue weighted by molar-refractivity contribution is 6.02.